The minimum Gasteiger partial charge on any atom is -0.491 e. The monoisotopic (exact) mass is 439 g/mol. The molecule has 32 heavy (non-hydrogen) atoms. The third kappa shape index (κ3) is 6.65. The molecule has 1 N–H and O–H groups in total. The van der Waals surface area contributed by atoms with Crippen molar-refractivity contribution in [1.29, 1.82) is 0 Å². The fraction of sp³-hybridized carbons (Fsp3) is 0.400. The van der Waals surface area contributed by atoms with Gasteiger partial charge in [-0.3, -0.25) is 9.59 Å². The number of carbonyl (C=O) groups excluding carboxylic acids is 3. The molecule has 170 valence electrons. The van der Waals surface area contributed by atoms with Crippen LogP contribution in [0.1, 0.15) is 60.2 Å². The van der Waals surface area contributed by atoms with Crippen LogP contribution in [0.25, 0.3) is 0 Å². The zero-order chi connectivity index (χ0) is 22.9. The lowest BCUT2D eigenvalue weighted by atomic mass is 10.1. The molecule has 0 bridgehead atoms. The van der Waals surface area contributed by atoms with Crippen LogP contribution in [0, 0.1) is 0 Å². The van der Waals surface area contributed by atoms with E-state index in [4.69, 9.17) is 14.2 Å². The summed E-state index contributed by atoms with van der Waals surface area (Å²) in [5.41, 5.74) is 1.35. The van der Waals surface area contributed by atoms with Crippen molar-refractivity contribution in [3.8, 4) is 5.75 Å². The van der Waals surface area contributed by atoms with Crippen molar-refractivity contribution in [2.24, 2.45) is 0 Å². The molecule has 0 radical (unpaired) electrons. The van der Waals surface area contributed by atoms with Crippen LogP contribution in [-0.2, 0) is 14.3 Å². The molecule has 1 amide bonds. The quantitative estimate of drug-likeness (QED) is 0.436. The van der Waals surface area contributed by atoms with Crippen LogP contribution in [0.4, 0.5) is 5.69 Å². The summed E-state index contributed by atoms with van der Waals surface area (Å²) in [6.07, 6.45) is 2.42. The minimum atomic E-state index is -0.946. The highest BCUT2D eigenvalue weighted by atomic mass is 16.5. The Hall–Kier alpha value is -3.19. The van der Waals surface area contributed by atoms with Gasteiger partial charge < -0.3 is 19.5 Å². The molecule has 2 aromatic rings. The van der Waals surface area contributed by atoms with E-state index in [1.807, 2.05) is 6.92 Å². The Kier molecular flexibility index (Phi) is 8.39. The van der Waals surface area contributed by atoms with E-state index in [1.54, 1.807) is 48.5 Å². The maximum absolute atomic E-state index is 12.6. The van der Waals surface area contributed by atoms with Gasteiger partial charge in [0.25, 0.3) is 0 Å². The number of amides is 1. The van der Waals surface area contributed by atoms with Gasteiger partial charge in [-0.25, -0.2) is 4.79 Å². The summed E-state index contributed by atoms with van der Waals surface area (Å²) in [7, 11) is 0. The van der Waals surface area contributed by atoms with Crippen molar-refractivity contribution in [1.82, 2.24) is 0 Å². The van der Waals surface area contributed by atoms with E-state index in [-0.39, 0.29) is 17.8 Å². The topological polar surface area (TPSA) is 90.9 Å². The smallest absolute Gasteiger partial charge is 0.338 e. The van der Waals surface area contributed by atoms with Crippen LogP contribution in [0.5, 0.6) is 5.75 Å². The Labute approximate surface area is 188 Å². The molecule has 1 saturated heterocycles. The van der Waals surface area contributed by atoms with E-state index < -0.39 is 12.1 Å². The molecule has 2 aromatic carbocycles. The number of ketones is 1. The van der Waals surface area contributed by atoms with Crippen molar-refractivity contribution in [2.45, 2.75) is 51.7 Å². The Morgan fingerprint density at radius 3 is 2.38 bits per heavy atom. The number of carbonyl (C=O) groups is 3. The average molecular weight is 440 g/mol. The van der Waals surface area contributed by atoms with Gasteiger partial charge in [-0.15, -0.1) is 0 Å². The maximum Gasteiger partial charge on any atom is 0.338 e. The lowest BCUT2D eigenvalue weighted by Gasteiger charge is -2.14. The van der Waals surface area contributed by atoms with E-state index in [2.05, 4.69) is 5.32 Å². The third-order valence-electron chi connectivity index (χ3n) is 5.13. The minimum absolute atomic E-state index is 0.0721. The number of benzene rings is 2. The molecule has 1 aliphatic rings. The van der Waals surface area contributed by atoms with E-state index in [9.17, 15) is 14.4 Å². The van der Waals surface area contributed by atoms with Crippen LogP contribution < -0.4 is 10.1 Å². The zero-order valence-corrected chi connectivity index (χ0v) is 18.5. The van der Waals surface area contributed by atoms with Crippen LogP contribution in [0.2, 0.25) is 0 Å². The Bertz CT molecular complexity index is 916. The predicted molar refractivity (Wildman–Crippen MR) is 120 cm³/mol. The molecule has 2 atom stereocenters. The van der Waals surface area contributed by atoms with Gasteiger partial charge in [0.2, 0.25) is 11.7 Å². The molecule has 0 spiro atoms. The number of Topliss-reactive ketones (excluding diaryl/α,β-unsaturated/α-hetero) is 1. The average Bonchev–Trinajstić information content (AvgIpc) is 3.32. The van der Waals surface area contributed by atoms with E-state index >= 15 is 0 Å². The summed E-state index contributed by atoms with van der Waals surface area (Å²) in [6.45, 7) is 4.72. The first-order chi connectivity index (χ1) is 15.5. The van der Waals surface area contributed by atoms with Crippen molar-refractivity contribution >= 4 is 23.3 Å². The van der Waals surface area contributed by atoms with Gasteiger partial charge in [-0.2, -0.15) is 0 Å². The van der Waals surface area contributed by atoms with E-state index in [0.717, 1.165) is 25.9 Å². The van der Waals surface area contributed by atoms with Gasteiger partial charge in [0, 0.05) is 24.3 Å². The van der Waals surface area contributed by atoms with Crippen molar-refractivity contribution in [2.75, 3.05) is 18.5 Å². The summed E-state index contributed by atoms with van der Waals surface area (Å²) in [6, 6.07) is 13.1. The number of ether oxygens (including phenoxy) is 3. The van der Waals surface area contributed by atoms with Gasteiger partial charge in [-0.1, -0.05) is 6.92 Å². The van der Waals surface area contributed by atoms with Crippen molar-refractivity contribution in [3.05, 3.63) is 59.7 Å². The number of nitrogens with one attached hydrogen (secondary N) is 1. The third-order valence-corrected chi connectivity index (χ3v) is 5.13. The number of rotatable bonds is 10. The summed E-state index contributed by atoms with van der Waals surface area (Å²) in [4.78, 5) is 36.7. The molecule has 1 fully saturated rings. The predicted octanol–water partition coefficient (Wildman–Crippen LogP) is 4.41. The van der Waals surface area contributed by atoms with E-state index in [0.29, 0.717) is 35.6 Å². The van der Waals surface area contributed by atoms with Crippen LogP contribution >= 0.6 is 0 Å². The van der Waals surface area contributed by atoms with Crippen molar-refractivity contribution < 1.29 is 28.6 Å². The van der Waals surface area contributed by atoms with Gasteiger partial charge in [0.1, 0.15) is 12.4 Å². The summed E-state index contributed by atoms with van der Waals surface area (Å²) < 4.78 is 16.6. The molecule has 0 saturated carbocycles. The second-order valence-corrected chi connectivity index (χ2v) is 7.76. The highest BCUT2D eigenvalue weighted by Crippen LogP contribution is 2.18. The maximum atomic E-state index is 12.6. The summed E-state index contributed by atoms with van der Waals surface area (Å²) in [5, 5.41) is 2.77. The molecule has 3 rings (SSSR count). The SMILES string of the molecule is CCCC(=O)Nc1ccc(C(=O)[C@H](C)OC(=O)c2ccc(OC[C@@H]3CCCO3)cc2)cc1. The molecule has 7 nitrogen and oxygen atoms in total. The second-order valence-electron chi connectivity index (χ2n) is 7.76. The molecular weight excluding hydrogens is 410 g/mol. The Morgan fingerprint density at radius 2 is 1.75 bits per heavy atom. The molecular formula is C25H29NO6. The normalized spacial score (nSPS) is 16.2. The Morgan fingerprint density at radius 1 is 1.06 bits per heavy atom. The van der Waals surface area contributed by atoms with Gasteiger partial charge in [0.15, 0.2) is 6.10 Å². The summed E-state index contributed by atoms with van der Waals surface area (Å²) in [5.74, 6) is -0.328. The largest absolute Gasteiger partial charge is 0.491 e. The number of anilines is 1. The number of esters is 1. The molecule has 1 heterocycles. The highest BCUT2D eigenvalue weighted by Gasteiger charge is 2.21. The molecule has 0 aliphatic carbocycles. The highest BCUT2D eigenvalue weighted by molar-refractivity contribution is 6.02. The number of hydrogen-bond donors (Lipinski definition) is 1. The lowest BCUT2D eigenvalue weighted by molar-refractivity contribution is -0.116. The second kappa shape index (κ2) is 11.4. The van der Waals surface area contributed by atoms with Crippen molar-refractivity contribution in [3.63, 3.8) is 0 Å². The molecule has 1 aliphatic heterocycles. The van der Waals surface area contributed by atoms with Gasteiger partial charge >= 0.3 is 5.97 Å². The lowest BCUT2D eigenvalue weighted by Crippen LogP contribution is -2.24. The van der Waals surface area contributed by atoms with Crippen LogP contribution in [0.3, 0.4) is 0 Å². The standard InChI is InChI=1S/C25H29NO6/c1-3-5-23(27)26-20-11-7-18(8-12-20)24(28)17(2)32-25(29)19-9-13-21(14-10-19)31-16-22-6-4-15-30-22/h7-14,17,22H,3-6,15-16H2,1-2H3,(H,26,27)/t17-,22-/m0/s1. The first-order valence-corrected chi connectivity index (χ1v) is 11.0. The summed E-state index contributed by atoms with van der Waals surface area (Å²) >= 11 is 0. The van der Waals surface area contributed by atoms with Gasteiger partial charge in [0.05, 0.1) is 11.7 Å². The fourth-order valence-electron chi connectivity index (χ4n) is 3.34. The first kappa shape index (κ1) is 23.5. The van der Waals surface area contributed by atoms with E-state index in [1.165, 1.54) is 6.92 Å². The van der Waals surface area contributed by atoms with Gasteiger partial charge in [-0.05, 0) is 74.7 Å². The molecule has 0 unspecified atom stereocenters. The number of hydrogen-bond acceptors (Lipinski definition) is 6. The zero-order valence-electron chi connectivity index (χ0n) is 18.5. The van der Waals surface area contributed by atoms with Crippen LogP contribution in [-0.4, -0.2) is 43.1 Å². The van der Waals surface area contributed by atoms with Crippen LogP contribution in [0.15, 0.2) is 48.5 Å². The fourth-order valence-corrected chi connectivity index (χ4v) is 3.34. The molecule has 0 aromatic heterocycles. The first-order valence-electron chi connectivity index (χ1n) is 11.0. The molecule has 7 heteroatoms. The Balaban J connectivity index is 1.50.